The Hall–Kier alpha value is -4.65. The second-order valence-electron chi connectivity index (χ2n) is 15.0. The van der Waals surface area contributed by atoms with Crippen LogP contribution in [-0.4, -0.2) is 27.0 Å². The summed E-state index contributed by atoms with van der Waals surface area (Å²) in [5.41, 5.74) is 10.9. The zero-order valence-electron chi connectivity index (χ0n) is 35.9. The quantitative estimate of drug-likeness (QED) is 0.0844. The second-order valence-corrected chi connectivity index (χ2v) is 15.0. The summed E-state index contributed by atoms with van der Waals surface area (Å²) >= 11 is 0. The van der Waals surface area contributed by atoms with E-state index in [0.717, 1.165) is 56.0 Å². The fourth-order valence-corrected chi connectivity index (χ4v) is 6.79. The van der Waals surface area contributed by atoms with Gasteiger partial charge in [0, 0.05) is 44.2 Å². The minimum Gasteiger partial charge on any atom is -0.512 e. The normalized spacial score (nSPS) is 12.3. The summed E-state index contributed by atoms with van der Waals surface area (Å²) in [6.07, 6.45) is -2.77. The molecule has 2 heterocycles. The SMILES string of the molecule is CCC(CC)C(=O)/C=C(\O)C(CC)CC(F)(F)F.Cc1[c-]c(-c2ccc3ccccc3n2)cc(C)c1.[2H]c1cc2cc(C(C)C)ccc2c(-c2[c-]c(C)cc(C)c2)n1.[Ir]. The molecule has 0 spiro atoms. The first-order valence-electron chi connectivity index (χ1n) is 20.2. The monoisotopic (exact) mass is 966 g/mol. The van der Waals surface area contributed by atoms with E-state index in [1.54, 1.807) is 6.92 Å². The number of pyridine rings is 2. The number of halogens is 3. The number of hydrogen-bond acceptors (Lipinski definition) is 4. The van der Waals surface area contributed by atoms with Crippen molar-refractivity contribution in [2.75, 3.05) is 0 Å². The number of para-hydroxylation sites is 1. The molecule has 1 atom stereocenters. The third kappa shape index (κ3) is 13.7. The topological polar surface area (TPSA) is 63.1 Å². The molecule has 0 aliphatic carbocycles. The molecule has 0 amide bonds. The predicted octanol–water partition coefficient (Wildman–Crippen LogP) is 14.2. The van der Waals surface area contributed by atoms with Crippen molar-refractivity contribution >= 4 is 27.5 Å². The van der Waals surface area contributed by atoms with Gasteiger partial charge in [-0.25, -0.2) is 0 Å². The molecule has 0 saturated carbocycles. The number of alkyl halides is 3. The second kappa shape index (κ2) is 21.9. The molecule has 6 rings (SSSR count). The maximum Gasteiger partial charge on any atom is 0.389 e. The van der Waals surface area contributed by atoms with Crippen LogP contribution >= 0.6 is 0 Å². The molecule has 1 N–H and O–H groups in total. The van der Waals surface area contributed by atoms with Crippen molar-refractivity contribution < 1.29 is 44.5 Å². The Kier molecular flexibility index (Phi) is 17.4. The molecule has 0 bridgehead atoms. The first-order valence-corrected chi connectivity index (χ1v) is 19.7. The number of rotatable bonds is 10. The van der Waals surface area contributed by atoms with Crippen LogP contribution in [-0.2, 0) is 24.9 Å². The van der Waals surface area contributed by atoms with E-state index >= 15 is 0 Å². The van der Waals surface area contributed by atoms with Crippen LogP contribution in [0, 0.1) is 51.7 Å². The zero-order valence-corrected chi connectivity index (χ0v) is 37.3. The molecule has 0 aliphatic heterocycles. The van der Waals surface area contributed by atoms with Gasteiger partial charge in [0.05, 0.1) is 19.1 Å². The van der Waals surface area contributed by atoms with Crippen LogP contribution in [0.1, 0.15) is 95.4 Å². The summed E-state index contributed by atoms with van der Waals surface area (Å²) in [6.45, 7) is 17.9. The number of hydrogen-bond donors (Lipinski definition) is 1. The first kappa shape index (κ1) is 46.0. The maximum absolute atomic E-state index is 12.3. The molecule has 2 aromatic heterocycles. The summed E-state index contributed by atoms with van der Waals surface area (Å²) in [5.74, 6) is -1.52. The Morgan fingerprint density at radius 2 is 1.40 bits per heavy atom. The van der Waals surface area contributed by atoms with Crippen molar-refractivity contribution in [1.82, 2.24) is 9.97 Å². The molecule has 0 saturated heterocycles. The van der Waals surface area contributed by atoms with Gasteiger partial charge >= 0.3 is 6.18 Å². The summed E-state index contributed by atoms with van der Waals surface area (Å²) in [5, 5.41) is 13.0. The molecule has 1 unspecified atom stereocenters. The van der Waals surface area contributed by atoms with Crippen molar-refractivity contribution in [3.05, 3.63) is 143 Å². The minimum absolute atomic E-state index is 0. The summed E-state index contributed by atoms with van der Waals surface area (Å²) < 4.78 is 44.8. The zero-order chi connectivity index (χ0) is 42.7. The van der Waals surface area contributed by atoms with Gasteiger partial charge < -0.3 is 10.1 Å². The predicted molar refractivity (Wildman–Crippen MR) is 229 cm³/mol. The number of fused-ring (bicyclic) bond motifs is 2. The first-order chi connectivity index (χ1) is 27.4. The van der Waals surface area contributed by atoms with Crippen LogP contribution in [0.3, 0.4) is 0 Å². The number of aromatic nitrogens is 2. The number of ketones is 1. The van der Waals surface area contributed by atoms with E-state index in [4.69, 9.17) is 6.35 Å². The summed E-state index contributed by atoms with van der Waals surface area (Å²) in [7, 11) is 0. The van der Waals surface area contributed by atoms with E-state index in [1.165, 1.54) is 22.1 Å². The molecule has 4 nitrogen and oxygen atoms in total. The van der Waals surface area contributed by atoms with Crippen molar-refractivity contribution in [2.45, 2.75) is 100 Å². The van der Waals surface area contributed by atoms with Gasteiger partial charge in [0.2, 0.25) is 0 Å². The van der Waals surface area contributed by atoms with Gasteiger partial charge in [-0.3, -0.25) is 9.78 Å². The third-order valence-corrected chi connectivity index (χ3v) is 9.89. The van der Waals surface area contributed by atoms with Gasteiger partial charge in [-0.2, -0.15) is 13.2 Å². The van der Waals surface area contributed by atoms with Gasteiger partial charge in [0.1, 0.15) is 0 Å². The largest absolute Gasteiger partial charge is 0.512 e. The Labute approximate surface area is 357 Å². The van der Waals surface area contributed by atoms with Gasteiger partial charge in [-0.05, 0) is 70.4 Å². The minimum atomic E-state index is -4.33. The van der Waals surface area contributed by atoms with Crippen molar-refractivity contribution in [3.8, 4) is 22.5 Å². The fraction of sp³-hybridized carbons (Fsp3) is 0.340. The Bertz CT molecular complexity index is 2330. The number of carbonyl (C=O) groups is 1. The van der Waals surface area contributed by atoms with E-state index < -0.39 is 24.3 Å². The van der Waals surface area contributed by atoms with Crippen LogP contribution in [0.2, 0.25) is 0 Å². The molecule has 6 aromatic rings. The van der Waals surface area contributed by atoms with E-state index in [1.807, 2.05) is 45.0 Å². The van der Waals surface area contributed by atoms with E-state index in [9.17, 15) is 23.1 Å². The standard InChI is InChI=1S/C20H20N.C17H14N.C13H21F3O2.Ir/c1-13(2)16-5-6-19-17(12-16)7-8-21-20(19)18-10-14(3)9-15(4)11-18;1-12-9-13(2)11-15(10-12)17-8-7-14-5-3-4-6-16(14)18-17;1-4-9(5-2)11(17)7-12(18)10(6-3)8-13(14,15)16;/h5-10,12-13H,1-4H3;3-10H,1-2H3;7,9-10,18H,4-6,8H2,1-3H3;/q2*-1;;/b;;12-7-;/i8D;;;. The molecule has 0 fully saturated rings. The van der Waals surface area contributed by atoms with Crippen molar-refractivity contribution in [2.24, 2.45) is 11.8 Å². The van der Waals surface area contributed by atoms with Crippen LogP contribution in [0.15, 0.2) is 103 Å². The van der Waals surface area contributed by atoms with Crippen LogP contribution < -0.4 is 0 Å². The molecule has 0 aliphatic rings. The van der Waals surface area contributed by atoms with E-state index in [0.29, 0.717) is 24.9 Å². The number of nitrogens with zero attached hydrogens (tertiary/aromatic N) is 2. The molecule has 58 heavy (non-hydrogen) atoms. The number of aliphatic hydroxyl groups is 1. The van der Waals surface area contributed by atoms with Gasteiger partial charge in [-0.1, -0.05) is 111 Å². The number of allylic oxidation sites excluding steroid dienone is 2. The number of aryl methyl sites for hydroxylation is 4. The maximum atomic E-state index is 12.3. The molecule has 309 valence electrons. The number of aliphatic hydroxyl groups excluding tert-OH is 1. The van der Waals surface area contributed by atoms with Crippen LogP contribution in [0.25, 0.3) is 44.2 Å². The summed E-state index contributed by atoms with van der Waals surface area (Å²) in [4.78, 5) is 20.8. The van der Waals surface area contributed by atoms with Crippen molar-refractivity contribution in [1.29, 1.82) is 0 Å². The van der Waals surface area contributed by atoms with Crippen LogP contribution in [0.4, 0.5) is 13.2 Å². The fourth-order valence-electron chi connectivity index (χ4n) is 6.79. The third-order valence-electron chi connectivity index (χ3n) is 9.89. The molecular formula is C50H55F3IrN2O2-2. The molecule has 1 radical (unpaired) electrons. The molecular weight excluding hydrogens is 910 g/mol. The average molecular weight is 966 g/mol. The van der Waals surface area contributed by atoms with Gasteiger partial charge in [0.25, 0.3) is 0 Å². The van der Waals surface area contributed by atoms with Gasteiger partial charge in [0.15, 0.2) is 5.78 Å². The number of benzene rings is 4. The molecule has 8 heteroatoms. The number of carbonyl (C=O) groups excluding carboxylic acids is 1. The van der Waals surface area contributed by atoms with E-state index in [2.05, 4.69) is 112 Å². The Balaban J connectivity index is 0.000000237. The smallest absolute Gasteiger partial charge is 0.389 e. The van der Waals surface area contributed by atoms with Crippen molar-refractivity contribution in [3.63, 3.8) is 0 Å². The van der Waals surface area contributed by atoms with Crippen LogP contribution in [0.5, 0.6) is 0 Å². The summed E-state index contributed by atoms with van der Waals surface area (Å²) in [6, 6.07) is 35.8. The molecule has 4 aromatic carbocycles. The van der Waals surface area contributed by atoms with E-state index in [-0.39, 0.29) is 38.2 Å². The Morgan fingerprint density at radius 3 is 1.98 bits per heavy atom. The average Bonchev–Trinajstić information content (AvgIpc) is 3.16. The van der Waals surface area contributed by atoms with Gasteiger partial charge in [-0.15, -0.1) is 69.8 Å². The Morgan fingerprint density at radius 1 is 0.793 bits per heavy atom.